The van der Waals surface area contributed by atoms with Gasteiger partial charge in [-0.3, -0.25) is 4.79 Å². The molecule has 8 heteroatoms. The maximum absolute atomic E-state index is 13.0. The van der Waals surface area contributed by atoms with Gasteiger partial charge < -0.3 is 29.2 Å². The van der Waals surface area contributed by atoms with E-state index in [0.717, 1.165) is 16.7 Å². The van der Waals surface area contributed by atoms with Crippen LogP contribution in [0.2, 0.25) is 0 Å². The maximum Gasteiger partial charge on any atom is 0.407 e. The summed E-state index contributed by atoms with van der Waals surface area (Å²) in [7, 11) is 7.91. The van der Waals surface area contributed by atoms with E-state index in [1.165, 1.54) is 12.0 Å². The van der Waals surface area contributed by atoms with Crippen LogP contribution in [0.25, 0.3) is 11.6 Å². The van der Waals surface area contributed by atoms with Crippen molar-refractivity contribution in [3.05, 3.63) is 83.4 Å². The van der Waals surface area contributed by atoms with Gasteiger partial charge in [0.2, 0.25) is 0 Å². The highest BCUT2D eigenvalue weighted by molar-refractivity contribution is 6.24. The molecule has 8 nitrogen and oxygen atoms in total. The Morgan fingerprint density at radius 1 is 0.806 bits per heavy atom. The summed E-state index contributed by atoms with van der Waals surface area (Å²) in [6, 6.07) is 20.1. The molecule has 3 aromatic carbocycles. The maximum atomic E-state index is 13.0. The van der Waals surface area contributed by atoms with Crippen molar-refractivity contribution in [1.82, 2.24) is 10.2 Å². The molecule has 0 heterocycles. The molecule has 0 aliphatic heterocycles. The van der Waals surface area contributed by atoms with Crippen LogP contribution in [0, 0.1) is 0 Å². The molecular weight excluding hydrogens is 460 g/mol. The van der Waals surface area contributed by atoms with E-state index in [0.29, 0.717) is 35.1 Å². The minimum absolute atomic E-state index is 0.137. The number of benzene rings is 3. The molecule has 3 aromatic rings. The van der Waals surface area contributed by atoms with E-state index >= 15 is 0 Å². The van der Waals surface area contributed by atoms with E-state index in [4.69, 9.17) is 14.2 Å². The first-order chi connectivity index (χ1) is 17.3. The zero-order valence-corrected chi connectivity index (χ0v) is 21.0. The summed E-state index contributed by atoms with van der Waals surface area (Å²) in [6.07, 6.45) is 1.33. The lowest BCUT2D eigenvalue weighted by molar-refractivity contribution is -0.122. The summed E-state index contributed by atoms with van der Waals surface area (Å²) in [5, 5.41) is 2.63. The van der Waals surface area contributed by atoms with Gasteiger partial charge in [-0.15, -0.1) is 0 Å². The molecule has 36 heavy (non-hydrogen) atoms. The summed E-state index contributed by atoms with van der Waals surface area (Å²) in [4.78, 5) is 25.8. The molecule has 0 spiro atoms. The van der Waals surface area contributed by atoms with Crippen molar-refractivity contribution in [3.63, 3.8) is 0 Å². The van der Waals surface area contributed by atoms with Crippen LogP contribution in [0.5, 0.6) is 23.0 Å². The quantitative estimate of drug-likeness (QED) is 0.336. The number of carbonyl (C=O) groups excluding carboxylic acids is 2. The molecule has 1 N–H and O–H groups in total. The molecule has 0 aliphatic rings. The standard InChI is InChI=1S/C28H30N2O6/c1-30(2)27(31)26(16-20-14-24(33-3)17-25(15-20)34-4)21-8-12-23(13-9-21)36-22-10-6-19(7-11-22)18-29-28(32)35-5/h6-17H,18H2,1-5H3,(H,29,32)/b26-16-. The minimum atomic E-state index is -0.484. The van der Waals surface area contributed by atoms with Gasteiger partial charge in [-0.1, -0.05) is 24.3 Å². The molecule has 0 atom stereocenters. The molecule has 0 aliphatic carbocycles. The molecule has 0 saturated heterocycles. The molecule has 0 radical (unpaired) electrons. The summed E-state index contributed by atoms with van der Waals surface area (Å²) in [5.74, 6) is 2.40. The predicted octanol–water partition coefficient (Wildman–Crippen LogP) is 4.98. The van der Waals surface area contributed by atoms with E-state index < -0.39 is 6.09 Å². The van der Waals surface area contributed by atoms with Gasteiger partial charge in [-0.05, 0) is 59.2 Å². The highest BCUT2D eigenvalue weighted by Gasteiger charge is 2.15. The van der Waals surface area contributed by atoms with Crippen molar-refractivity contribution in [2.75, 3.05) is 35.4 Å². The lowest BCUT2D eigenvalue weighted by Crippen LogP contribution is -2.22. The van der Waals surface area contributed by atoms with Gasteiger partial charge >= 0.3 is 6.09 Å². The van der Waals surface area contributed by atoms with E-state index in [1.54, 1.807) is 34.4 Å². The van der Waals surface area contributed by atoms with Crippen molar-refractivity contribution < 1.29 is 28.5 Å². The summed E-state index contributed by atoms with van der Waals surface area (Å²) < 4.78 is 21.2. The van der Waals surface area contributed by atoms with Crippen molar-refractivity contribution in [2.45, 2.75) is 6.54 Å². The Labute approximate surface area is 211 Å². The fourth-order valence-electron chi connectivity index (χ4n) is 3.35. The van der Waals surface area contributed by atoms with Crippen LogP contribution >= 0.6 is 0 Å². The number of ether oxygens (including phenoxy) is 4. The van der Waals surface area contributed by atoms with Crippen LogP contribution in [-0.4, -0.2) is 52.3 Å². The number of alkyl carbamates (subject to hydrolysis) is 1. The fourth-order valence-corrected chi connectivity index (χ4v) is 3.35. The molecule has 2 amide bonds. The summed E-state index contributed by atoms with van der Waals surface area (Å²) in [6.45, 7) is 0.357. The normalized spacial score (nSPS) is 10.9. The second kappa shape index (κ2) is 12.3. The summed E-state index contributed by atoms with van der Waals surface area (Å²) in [5.41, 5.74) is 2.95. The molecule has 0 fully saturated rings. The van der Waals surface area contributed by atoms with Crippen LogP contribution in [0.1, 0.15) is 16.7 Å². The van der Waals surface area contributed by atoms with E-state index in [-0.39, 0.29) is 5.91 Å². The number of likely N-dealkylation sites (N-methyl/N-ethyl adjacent to an activating group) is 1. The Morgan fingerprint density at radius 2 is 1.36 bits per heavy atom. The van der Waals surface area contributed by atoms with Crippen LogP contribution in [0.15, 0.2) is 66.7 Å². The average Bonchev–Trinajstić information content (AvgIpc) is 2.90. The molecule has 0 aromatic heterocycles. The zero-order chi connectivity index (χ0) is 26.1. The van der Waals surface area contributed by atoms with Gasteiger partial charge in [0.05, 0.1) is 21.3 Å². The minimum Gasteiger partial charge on any atom is -0.497 e. The first kappa shape index (κ1) is 26.2. The van der Waals surface area contributed by atoms with Gasteiger partial charge in [-0.2, -0.15) is 0 Å². The van der Waals surface area contributed by atoms with Crippen molar-refractivity contribution >= 4 is 23.6 Å². The third-order valence-electron chi connectivity index (χ3n) is 5.27. The van der Waals surface area contributed by atoms with Crippen LogP contribution in [-0.2, 0) is 16.1 Å². The number of methoxy groups -OCH3 is 3. The Balaban J connectivity index is 1.81. The second-order valence-corrected chi connectivity index (χ2v) is 8.02. The Morgan fingerprint density at radius 3 is 1.86 bits per heavy atom. The number of rotatable bonds is 9. The van der Waals surface area contributed by atoms with Crippen molar-refractivity contribution in [3.8, 4) is 23.0 Å². The van der Waals surface area contributed by atoms with Crippen molar-refractivity contribution in [2.24, 2.45) is 0 Å². The SMILES string of the molecule is COC(=O)NCc1ccc(Oc2ccc(/C(=C/c3cc(OC)cc(OC)c3)C(=O)N(C)C)cc2)cc1. The highest BCUT2D eigenvalue weighted by Crippen LogP contribution is 2.29. The topological polar surface area (TPSA) is 86.3 Å². The molecule has 0 bridgehead atoms. The van der Waals surface area contributed by atoms with Gasteiger partial charge in [0.1, 0.15) is 23.0 Å². The number of amides is 2. The van der Waals surface area contributed by atoms with Gasteiger partial charge in [0, 0.05) is 32.3 Å². The fraction of sp³-hybridized carbons (Fsp3) is 0.214. The van der Waals surface area contributed by atoms with Gasteiger partial charge in [-0.25, -0.2) is 4.79 Å². The monoisotopic (exact) mass is 490 g/mol. The third kappa shape index (κ3) is 7.02. The lowest BCUT2D eigenvalue weighted by atomic mass is 10.0. The van der Waals surface area contributed by atoms with E-state index in [2.05, 4.69) is 10.1 Å². The lowest BCUT2D eigenvalue weighted by Gasteiger charge is -2.15. The molecule has 0 unspecified atom stereocenters. The Kier molecular flexibility index (Phi) is 8.94. The number of hydrogen-bond donors (Lipinski definition) is 1. The van der Waals surface area contributed by atoms with Gasteiger partial charge in [0.25, 0.3) is 5.91 Å². The third-order valence-corrected chi connectivity index (χ3v) is 5.27. The number of nitrogens with one attached hydrogen (secondary N) is 1. The average molecular weight is 491 g/mol. The molecule has 188 valence electrons. The van der Waals surface area contributed by atoms with E-state index in [9.17, 15) is 9.59 Å². The highest BCUT2D eigenvalue weighted by atomic mass is 16.5. The summed E-state index contributed by atoms with van der Waals surface area (Å²) >= 11 is 0. The molecule has 3 rings (SSSR count). The zero-order valence-electron chi connectivity index (χ0n) is 21.0. The van der Waals surface area contributed by atoms with Crippen LogP contribution in [0.4, 0.5) is 4.79 Å². The predicted molar refractivity (Wildman–Crippen MR) is 138 cm³/mol. The van der Waals surface area contributed by atoms with Crippen molar-refractivity contribution in [1.29, 1.82) is 0 Å². The number of nitrogens with zero attached hydrogens (tertiary/aromatic N) is 1. The van der Waals surface area contributed by atoms with Crippen LogP contribution < -0.4 is 19.5 Å². The van der Waals surface area contributed by atoms with Gasteiger partial charge in [0.15, 0.2) is 0 Å². The van der Waals surface area contributed by atoms with E-state index in [1.807, 2.05) is 66.7 Å². The first-order valence-electron chi connectivity index (χ1n) is 11.2. The second-order valence-electron chi connectivity index (χ2n) is 8.02. The number of carbonyl (C=O) groups is 2. The number of hydrogen-bond acceptors (Lipinski definition) is 6. The van der Waals surface area contributed by atoms with Crippen LogP contribution in [0.3, 0.4) is 0 Å². The Bertz CT molecular complexity index is 1200. The Hall–Kier alpha value is -4.46. The largest absolute Gasteiger partial charge is 0.497 e. The molecular formula is C28H30N2O6. The smallest absolute Gasteiger partial charge is 0.407 e. The first-order valence-corrected chi connectivity index (χ1v) is 11.2. The molecule has 0 saturated carbocycles.